The summed E-state index contributed by atoms with van der Waals surface area (Å²) in [5.41, 5.74) is 1.57. The summed E-state index contributed by atoms with van der Waals surface area (Å²) >= 11 is 0. The molecule has 1 aromatic heterocycles. The average molecular weight is 305 g/mol. The maximum Gasteiger partial charge on any atom is 0.262 e. The molecule has 0 saturated heterocycles. The zero-order chi connectivity index (χ0) is 16.4. The number of rotatable bonds is 3. The van der Waals surface area contributed by atoms with Gasteiger partial charge in [0.1, 0.15) is 11.9 Å². The van der Waals surface area contributed by atoms with Crippen LogP contribution in [0, 0.1) is 21.4 Å². The van der Waals surface area contributed by atoms with Crippen LogP contribution >= 0.6 is 0 Å². The third-order valence-corrected chi connectivity index (χ3v) is 3.26. The predicted octanol–water partition coefficient (Wildman–Crippen LogP) is 2.61. The lowest BCUT2D eigenvalue weighted by atomic mass is 10.1. The second kappa shape index (κ2) is 5.61. The minimum atomic E-state index is -0.743. The van der Waals surface area contributed by atoms with E-state index in [-0.39, 0.29) is 5.57 Å². The molecule has 0 spiro atoms. The van der Waals surface area contributed by atoms with Crippen LogP contribution in [0.4, 0.5) is 5.69 Å². The van der Waals surface area contributed by atoms with Crippen molar-refractivity contribution in [3.63, 3.8) is 0 Å². The molecule has 3 aromatic rings. The van der Waals surface area contributed by atoms with E-state index in [0.717, 1.165) is 17.6 Å². The SMILES string of the molecule is N#C/C(=C\c1ccc([O-])c([N+](=O)[O-])c1)c1nc2ccccc2[nH]1. The summed E-state index contributed by atoms with van der Waals surface area (Å²) in [7, 11) is 0. The molecule has 3 rings (SSSR count). The Hall–Kier alpha value is -3.66. The van der Waals surface area contributed by atoms with E-state index in [0.29, 0.717) is 16.9 Å². The minimum absolute atomic E-state index is 0.217. The maximum atomic E-state index is 11.4. The largest absolute Gasteiger partial charge is 0.868 e. The molecule has 0 amide bonds. The van der Waals surface area contributed by atoms with E-state index in [1.54, 1.807) is 6.07 Å². The summed E-state index contributed by atoms with van der Waals surface area (Å²) in [5.74, 6) is -0.308. The highest BCUT2D eigenvalue weighted by Gasteiger charge is 2.10. The summed E-state index contributed by atoms with van der Waals surface area (Å²) < 4.78 is 0. The van der Waals surface area contributed by atoms with Crippen LogP contribution in [0.1, 0.15) is 11.4 Å². The number of imidazole rings is 1. The van der Waals surface area contributed by atoms with Crippen LogP contribution in [-0.2, 0) is 0 Å². The number of nitro benzene ring substituents is 1. The van der Waals surface area contributed by atoms with E-state index < -0.39 is 16.4 Å². The Balaban J connectivity index is 2.07. The minimum Gasteiger partial charge on any atom is -0.868 e. The molecule has 0 unspecified atom stereocenters. The predicted molar refractivity (Wildman–Crippen MR) is 82.1 cm³/mol. The topological polar surface area (TPSA) is 119 Å². The Morgan fingerprint density at radius 2 is 2.09 bits per heavy atom. The number of nitro groups is 1. The third kappa shape index (κ3) is 2.73. The molecule has 23 heavy (non-hydrogen) atoms. The Kier molecular flexibility index (Phi) is 3.49. The quantitative estimate of drug-likeness (QED) is 0.453. The first kappa shape index (κ1) is 14.3. The number of benzene rings is 2. The first-order valence-corrected chi connectivity index (χ1v) is 6.61. The van der Waals surface area contributed by atoms with Crippen molar-refractivity contribution in [3.8, 4) is 11.8 Å². The van der Waals surface area contributed by atoms with Gasteiger partial charge in [0.05, 0.1) is 21.5 Å². The van der Waals surface area contributed by atoms with Gasteiger partial charge in [0.15, 0.2) is 0 Å². The molecule has 0 bridgehead atoms. The van der Waals surface area contributed by atoms with Crippen molar-refractivity contribution < 1.29 is 10.0 Å². The summed E-state index contributed by atoms with van der Waals surface area (Å²) in [6.07, 6.45) is 1.45. The van der Waals surface area contributed by atoms with Gasteiger partial charge in [0.25, 0.3) is 5.69 Å². The van der Waals surface area contributed by atoms with Crippen molar-refractivity contribution in [1.29, 1.82) is 5.26 Å². The lowest BCUT2D eigenvalue weighted by Crippen LogP contribution is -1.97. The molecule has 112 valence electrons. The lowest BCUT2D eigenvalue weighted by Gasteiger charge is -2.06. The molecule has 0 aliphatic carbocycles. The molecule has 0 saturated carbocycles. The first-order valence-electron chi connectivity index (χ1n) is 6.61. The molecular formula is C16H9N4O3-. The van der Waals surface area contributed by atoms with Crippen molar-refractivity contribution in [3.05, 3.63) is 64.0 Å². The van der Waals surface area contributed by atoms with Crippen LogP contribution in [0.15, 0.2) is 42.5 Å². The number of para-hydroxylation sites is 2. The van der Waals surface area contributed by atoms with Gasteiger partial charge in [-0.3, -0.25) is 10.1 Å². The molecule has 7 nitrogen and oxygen atoms in total. The van der Waals surface area contributed by atoms with Crippen LogP contribution in [0.3, 0.4) is 0 Å². The Morgan fingerprint density at radius 3 is 2.78 bits per heavy atom. The number of nitrogens with zero attached hydrogens (tertiary/aromatic N) is 3. The molecule has 0 fully saturated rings. The molecule has 1 N–H and O–H groups in total. The number of allylic oxidation sites excluding steroid dienone is 1. The molecule has 0 aliphatic heterocycles. The Morgan fingerprint density at radius 1 is 1.30 bits per heavy atom. The van der Waals surface area contributed by atoms with Gasteiger partial charge in [-0.15, -0.1) is 0 Å². The summed E-state index contributed by atoms with van der Waals surface area (Å²) in [4.78, 5) is 17.4. The van der Waals surface area contributed by atoms with Gasteiger partial charge in [-0.25, -0.2) is 4.98 Å². The molecule has 7 heteroatoms. The van der Waals surface area contributed by atoms with Crippen molar-refractivity contribution in [2.45, 2.75) is 0 Å². The number of hydrogen-bond donors (Lipinski definition) is 1. The van der Waals surface area contributed by atoms with E-state index >= 15 is 0 Å². The summed E-state index contributed by atoms with van der Waals surface area (Å²) in [6, 6.07) is 13.0. The van der Waals surface area contributed by atoms with Gasteiger partial charge < -0.3 is 10.1 Å². The lowest BCUT2D eigenvalue weighted by molar-refractivity contribution is -0.398. The van der Waals surface area contributed by atoms with Crippen LogP contribution in [0.25, 0.3) is 22.7 Å². The first-order chi connectivity index (χ1) is 11.1. The van der Waals surface area contributed by atoms with Gasteiger partial charge >= 0.3 is 0 Å². The number of aromatic nitrogens is 2. The molecule has 2 aromatic carbocycles. The molecule has 0 radical (unpaired) electrons. The fraction of sp³-hybridized carbons (Fsp3) is 0. The second-order valence-corrected chi connectivity index (χ2v) is 4.76. The number of hydrogen-bond acceptors (Lipinski definition) is 5. The van der Waals surface area contributed by atoms with E-state index in [2.05, 4.69) is 9.97 Å². The maximum absolute atomic E-state index is 11.4. The monoisotopic (exact) mass is 305 g/mol. The van der Waals surface area contributed by atoms with E-state index in [1.165, 1.54) is 12.1 Å². The van der Waals surface area contributed by atoms with Gasteiger partial charge in [0, 0.05) is 6.07 Å². The standard InChI is InChI=1S/C16H10N4O3/c17-9-11(16-18-12-3-1-2-4-13(12)19-16)7-10-5-6-15(21)14(8-10)20(22)23/h1-8,21H,(H,18,19)/p-1/b11-7+. The zero-order valence-corrected chi connectivity index (χ0v) is 11.7. The van der Waals surface area contributed by atoms with Crippen molar-refractivity contribution >= 4 is 28.4 Å². The van der Waals surface area contributed by atoms with E-state index in [9.17, 15) is 20.5 Å². The van der Waals surface area contributed by atoms with E-state index in [1.807, 2.05) is 24.3 Å². The molecule has 0 atom stereocenters. The van der Waals surface area contributed by atoms with Gasteiger partial charge in [-0.1, -0.05) is 24.3 Å². The number of H-pyrrole nitrogens is 1. The van der Waals surface area contributed by atoms with Gasteiger partial charge in [0.2, 0.25) is 0 Å². The fourth-order valence-electron chi connectivity index (χ4n) is 2.17. The second-order valence-electron chi connectivity index (χ2n) is 4.76. The van der Waals surface area contributed by atoms with Crippen molar-refractivity contribution in [2.24, 2.45) is 0 Å². The van der Waals surface area contributed by atoms with E-state index in [4.69, 9.17) is 0 Å². The zero-order valence-electron chi connectivity index (χ0n) is 11.7. The molecular weight excluding hydrogens is 296 g/mol. The van der Waals surface area contributed by atoms with Crippen molar-refractivity contribution in [2.75, 3.05) is 0 Å². The molecule has 0 aliphatic rings. The fourth-order valence-corrected chi connectivity index (χ4v) is 2.17. The van der Waals surface area contributed by atoms with Crippen LogP contribution in [-0.4, -0.2) is 14.9 Å². The Labute approximate surface area is 130 Å². The summed E-state index contributed by atoms with van der Waals surface area (Å²) in [6.45, 7) is 0. The number of aromatic amines is 1. The highest BCUT2D eigenvalue weighted by molar-refractivity contribution is 5.90. The Bertz CT molecular complexity index is 949. The van der Waals surface area contributed by atoms with Crippen molar-refractivity contribution in [1.82, 2.24) is 9.97 Å². The van der Waals surface area contributed by atoms with Gasteiger partial charge in [-0.05, 0) is 29.5 Å². The van der Waals surface area contributed by atoms with Crippen LogP contribution in [0.5, 0.6) is 5.75 Å². The number of nitrogens with one attached hydrogen (secondary N) is 1. The van der Waals surface area contributed by atoms with Crippen LogP contribution in [0.2, 0.25) is 0 Å². The number of nitriles is 1. The third-order valence-electron chi connectivity index (χ3n) is 3.26. The highest BCUT2D eigenvalue weighted by atomic mass is 16.6. The van der Waals surface area contributed by atoms with Crippen LogP contribution < -0.4 is 5.11 Å². The summed E-state index contributed by atoms with van der Waals surface area (Å²) in [5, 5.41) is 31.6. The van der Waals surface area contributed by atoms with Gasteiger partial charge in [-0.2, -0.15) is 5.26 Å². The highest BCUT2D eigenvalue weighted by Crippen LogP contribution is 2.26. The molecule has 1 heterocycles. The number of fused-ring (bicyclic) bond motifs is 1. The smallest absolute Gasteiger partial charge is 0.262 e. The average Bonchev–Trinajstić information content (AvgIpc) is 2.97. The normalized spacial score (nSPS) is 11.3.